The fourth-order valence-electron chi connectivity index (χ4n) is 1.82. The zero-order valence-electron chi connectivity index (χ0n) is 11.6. The van der Waals surface area contributed by atoms with Gasteiger partial charge < -0.3 is 9.47 Å². The molecular formula is C16H12BrFO4. The molecule has 0 bridgehead atoms. The summed E-state index contributed by atoms with van der Waals surface area (Å²) in [6.07, 6.45) is 0. The Morgan fingerprint density at radius 1 is 1.14 bits per heavy atom. The van der Waals surface area contributed by atoms with E-state index in [0.717, 1.165) is 6.07 Å². The van der Waals surface area contributed by atoms with Crippen LogP contribution in [-0.4, -0.2) is 25.5 Å². The minimum atomic E-state index is -0.901. The van der Waals surface area contributed by atoms with Crippen molar-refractivity contribution in [2.75, 3.05) is 13.7 Å². The van der Waals surface area contributed by atoms with E-state index in [4.69, 9.17) is 9.47 Å². The van der Waals surface area contributed by atoms with E-state index in [9.17, 15) is 14.0 Å². The van der Waals surface area contributed by atoms with Crippen molar-refractivity contribution < 1.29 is 23.5 Å². The molecule has 0 fully saturated rings. The van der Waals surface area contributed by atoms with Gasteiger partial charge in [0, 0.05) is 4.47 Å². The van der Waals surface area contributed by atoms with E-state index >= 15 is 0 Å². The van der Waals surface area contributed by atoms with Gasteiger partial charge in [0.05, 0.1) is 18.2 Å². The van der Waals surface area contributed by atoms with Crippen molar-refractivity contribution in [3.05, 3.63) is 63.9 Å². The molecule has 0 heterocycles. The lowest BCUT2D eigenvalue weighted by molar-refractivity contribution is 0.0469. The van der Waals surface area contributed by atoms with Gasteiger partial charge in [0.15, 0.2) is 6.61 Å². The highest BCUT2D eigenvalue weighted by atomic mass is 79.9. The van der Waals surface area contributed by atoms with Crippen LogP contribution in [0.1, 0.15) is 20.7 Å². The summed E-state index contributed by atoms with van der Waals surface area (Å²) in [6.45, 7) is -0.495. The number of hydrogen-bond acceptors (Lipinski definition) is 4. The average Bonchev–Trinajstić information content (AvgIpc) is 2.54. The first-order valence-corrected chi connectivity index (χ1v) is 7.10. The molecule has 0 saturated carbocycles. The Labute approximate surface area is 135 Å². The van der Waals surface area contributed by atoms with Crippen LogP contribution in [0.5, 0.6) is 5.75 Å². The van der Waals surface area contributed by atoms with Gasteiger partial charge in [-0.15, -0.1) is 0 Å². The summed E-state index contributed by atoms with van der Waals surface area (Å²) in [6, 6.07) is 10.5. The van der Waals surface area contributed by atoms with Crippen LogP contribution in [0.15, 0.2) is 46.9 Å². The number of hydrogen-bond donors (Lipinski definition) is 0. The molecule has 22 heavy (non-hydrogen) atoms. The molecule has 4 nitrogen and oxygen atoms in total. The third-order valence-corrected chi connectivity index (χ3v) is 3.38. The first kappa shape index (κ1) is 16.2. The van der Waals surface area contributed by atoms with Crippen molar-refractivity contribution in [2.24, 2.45) is 0 Å². The number of esters is 1. The first-order valence-electron chi connectivity index (χ1n) is 6.31. The van der Waals surface area contributed by atoms with Gasteiger partial charge in [0.1, 0.15) is 11.6 Å². The van der Waals surface area contributed by atoms with Crippen molar-refractivity contribution in [3.8, 4) is 5.75 Å². The Morgan fingerprint density at radius 3 is 2.59 bits per heavy atom. The molecule has 0 radical (unpaired) electrons. The number of para-hydroxylation sites is 1. The summed E-state index contributed by atoms with van der Waals surface area (Å²) in [5.41, 5.74) is 0.0646. The maximum atomic E-state index is 13.6. The maximum Gasteiger partial charge on any atom is 0.341 e. The number of carbonyl (C=O) groups excluding carboxylic acids is 2. The smallest absolute Gasteiger partial charge is 0.341 e. The third kappa shape index (κ3) is 3.71. The van der Waals surface area contributed by atoms with Gasteiger partial charge in [0.2, 0.25) is 5.78 Å². The molecule has 0 spiro atoms. The predicted molar refractivity (Wildman–Crippen MR) is 81.7 cm³/mol. The summed E-state index contributed by atoms with van der Waals surface area (Å²) >= 11 is 3.14. The number of ether oxygens (including phenoxy) is 2. The fraction of sp³-hybridized carbons (Fsp3) is 0.125. The number of halogens is 2. The zero-order chi connectivity index (χ0) is 16.1. The highest BCUT2D eigenvalue weighted by molar-refractivity contribution is 9.10. The van der Waals surface area contributed by atoms with Crippen molar-refractivity contribution in [1.82, 2.24) is 0 Å². The second-order valence-corrected chi connectivity index (χ2v) is 5.24. The first-order chi connectivity index (χ1) is 10.5. The number of carbonyl (C=O) groups is 2. The Balaban J connectivity index is 2.08. The molecule has 2 aromatic carbocycles. The van der Waals surface area contributed by atoms with Gasteiger partial charge in [-0.2, -0.15) is 0 Å². The van der Waals surface area contributed by atoms with E-state index in [1.807, 2.05) is 0 Å². The molecule has 6 heteroatoms. The summed E-state index contributed by atoms with van der Waals surface area (Å²) < 4.78 is 24.0. The second kappa shape index (κ2) is 7.17. The fourth-order valence-corrected chi connectivity index (χ4v) is 2.18. The van der Waals surface area contributed by atoms with Gasteiger partial charge in [0.25, 0.3) is 0 Å². The molecule has 2 aromatic rings. The van der Waals surface area contributed by atoms with Gasteiger partial charge in [-0.1, -0.05) is 28.1 Å². The number of methoxy groups -OCH3 is 1. The molecule has 0 saturated heterocycles. The topological polar surface area (TPSA) is 52.6 Å². The molecule has 2 rings (SSSR count). The predicted octanol–water partition coefficient (Wildman–Crippen LogP) is 3.64. The normalized spacial score (nSPS) is 10.1. The highest BCUT2D eigenvalue weighted by Gasteiger charge is 2.17. The molecule has 0 aliphatic carbocycles. The Hall–Kier alpha value is -2.21. The van der Waals surface area contributed by atoms with Gasteiger partial charge in [-0.05, 0) is 30.3 Å². The SMILES string of the molecule is COc1ccccc1C(=O)COC(=O)c1cc(Br)ccc1F. The van der Waals surface area contributed by atoms with Crippen LogP contribution >= 0.6 is 15.9 Å². The Kier molecular flexibility index (Phi) is 5.27. The van der Waals surface area contributed by atoms with Crippen LogP contribution in [0.2, 0.25) is 0 Å². The molecule has 0 aliphatic heterocycles. The van der Waals surface area contributed by atoms with Crippen LogP contribution < -0.4 is 4.74 Å². The quantitative estimate of drug-likeness (QED) is 0.598. The Morgan fingerprint density at radius 2 is 1.86 bits per heavy atom. The van der Waals surface area contributed by atoms with Crippen molar-refractivity contribution >= 4 is 27.7 Å². The van der Waals surface area contributed by atoms with E-state index in [0.29, 0.717) is 15.8 Å². The number of rotatable bonds is 5. The van der Waals surface area contributed by atoms with Gasteiger partial charge in [-0.25, -0.2) is 9.18 Å². The second-order valence-electron chi connectivity index (χ2n) is 4.32. The van der Waals surface area contributed by atoms with Crippen LogP contribution in [0.3, 0.4) is 0 Å². The van der Waals surface area contributed by atoms with Gasteiger partial charge in [-0.3, -0.25) is 4.79 Å². The van der Waals surface area contributed by atoms with E-state index in [1.165, 1.54) is 19.2 Å². The van der Waals surface area contributed by atoms with Crippen molar-refractivity contribution in [1.29, 1.82) is 0 Å². The number of Topliss-reactive ketones (excluding diaryl/α,β-unsaturated/α-hetero) is 1. The average molecular weight is 367 g/mol. The molecular weight excluding hydrogens is 355 g/mol. The van der Waals surface area contributed by atoms with E-state index in [1.54, 1.807) is 24.3 Å². The minimum absolute atomic E-state index is 0.234. The molecule has 114 valence electrons. The lowest BCUT2D eigenvalue weighted by Crippen LogP contribution is -2.16. The summed E-state index contributed by atoms with van der Waals surface area (Å²) in [4.78, 5) is 23.9. The summed E-state index contributed by atoms with van der Waals surface area (Å²) in [5, 5.41) is 0. The third-order valence-electron chi connectivity index (χ3n) is 2.89. The Bertz CT molecular complexity index is 715. The molecule has 0 atom stereocenters. The maximum absolute atomic E-state index is 13.6. The molecule has 0 amide bonds. The highest BCUT2D eigenvalue weighted by Crippen LogP contribution is 2.19. The zero-order valence-corrected chi connectivity index (χ0v) is 13.2. The van der Waals surface area contributed by atoms with E-state index < -0.39 is 24.2 Å². The van der Waals surface area contributed by atoms with Crippen molar-refractivity contribution in [3.63, 3.8) is 0 Å². The van der Waals surface area contributed by atoms with E-state index in [-0.39, 0.29) is 5.56 Å². The number of benzene rings is 2. The monoisotopic (exact) mass is 366 g/mol. The van der Waals surface area contributed by atoms with E-state index in [2.05, 4.69) is 15.9 Å². The lowest BCUT2D eigenvalue weighted by Gasteiger charge is -2.08. The standard InChI is InChI=1S/C16H12BrFO4/c1-21-15-5-3-2-4-11(15)14(19)9-22-16(20)12-8-10(17)6-7-13(12)18/h2-8H,9H2,1H3. The van der Waals surface area contributed by atoms with Crippen LogP contribution in [0, 0.1) is 5.82 Å². The van der Waals surface area contributed by atoms with Crippen LogP contribution in [0.25, 0.3) is 0 Å². The minimum Gasteiger partial charge on any atom is -0.496 e. The van der Waals surface area contributed by atoms with Crippen LogP contribution in [0.4, 0.5) is 4.39 Å². The van der Waals surface area contributed by atoms with Crippen LogP contribution in [-0.2, 0) is 4.74 Å². The molecule has 0 unspecified atom stereocenters. The van der Waals surface area contributed by atoms with Crippen molar-refractivity contribution in [2.45, 2.75) is 0 Å². The summed E-state index contributed by atoms with van der Waals surface area (Å²) in [5.74, 6) is -1.65. The molecule has 0 aromatic heterocycles. The van der Waals surface area contributed by atoms with Gasteiger partial charge >= 0.3 is 5.97 Å². The lowest BCUT2D eigenvalue weighted by atomic mass is 10.1. The number of ketones is 1. The molecule has 0 N–H and O–H groups in total. The largest absolute Gasteiger partial charge is 0.496 e. The molecule has 0 aliphatic rings. The summed E-state index contributed by atoms with van der Waals surface area (Å²) in [7, 11) is 1.44.